The summed E-state index contributed by atoms with van der Waals surface area (Å²) in [6, 6.07) is -0.794. The molecule has 0 saturated carbocycles. The van der Waals surface area contributed by atoms with Crippen LogP contribution in [0, 0.1) is 0 Å². The molecule has 0 fully saturated rings. The summed E-state index contributed by atoms with van der Waals surface area (Å²) in [7, 11) is 0. The molecule has 0 amide bonds. The number of nitrogens with two attached hydrogens (primary N) is 1. The molecule has 0 radical (unpaired) electrons. The second kappa shape index (κ2) is 27.3. The molecule has 1 atom stereocenters. The SMILES string of the molecule is CCCCCC[N+](CCCCCC)(CCCCCC)CCCCCC.CSCCC(N)C(=O)[O-]. The van der Waals surface area contributed by atoms with Crippen molar-refractivity contribution in [3.8, 4) is 0 Å². The van der Waals surface area contributed by atoms with Gasteiger partial charge in [0.25, 0.3) is 0 Å². The minimum absolute atomic E-state index is 0.490. The van der Waals surface area contributed by atoms with E-state index in [0.29, 0.717) is 6.42 Å². The number of nitrogens with zero attached hydrogens (tertiary/aromatic N) is 1. The highest BCUT2D eigenvalue weighted by Gasteiger charge is 2.25. The van der Waals surface area contributed by atoms with E-state index < -0.39 is 12.0 Å². The number of carboxylic acids is 1. The van der Waals surface area contributed by atoms with Gasteiger partial charge < -0.3 is 20.1 Å². The number of aliphatic carboxylic acids is 1. The maximum Gasteiger partial charge on any atom is 0.0786 e. The van der Waals surface area contributed by atoms with Crippen LogP contribution in [0.3, 0.4) is 0 Å². The summed E-state index contributed by atoms with van der Waals surface area (Å²) in [6.07, 6.45) is 25.2. The lowest BCUT2D eigenvalue weighted by atomic mass is 10.1. The van der Waals surface area contributed by atoms with Gasteiger partial charge in [0.05, 0.1) is 32.1 Å². The zero-order valence-corrected chi connectivity index (χ0v) is 24.7. The number of quaternary nitrogens is 1. The number of carbonyl (C=O) groups excluding carboxylic acids is 1. The van der Waals surface area contributed by atoms with E-state index in [9.17, 15) is 9.90 Å². The van der Waals surface area contributed by atoms with Crippen molar-refractivity contribution >= 4 is 17.7 Å². The minimum atomic E-state index is -1.16. The number of carboxylic acid groups (broad SMARTS) is 1. The van der Waals surface area contributed by atoms with Crippen LogP contribution in [-0.4, -0.2) is 54.7 Å². The Kier molecular flexibility index (Phi) is 28.9. The molecule has 0 spiro atoms. The van der Waals surface area contributed by atoms with Gasteiger partial charge in [-0.2, -0.15) is 11.8 Å². The van der Waals surface area contributed by atoms with Crippen molar-refractivity contribution in [1.29, 1.82) is 0 Å². The zero-order valence-electron chi connectivity index (χ0n) is 23.9. The van der Waals surface area contributed by atoms with Gasteiger partial charge >= 0.3 is 0 Å². The number of hydrogen-bond acceptors (Lipinski definition) is 4. The summed E-state index contributed by atoms with van der Waals surface area (Å²) in [4.78, 5) is 9.96. The predicted molar refractivity (Wildman–Crippen MR) is 152 cm³/mol. The highest BCUT2D eigenvalue weighted by molar-refractivity contribution is 7.98. The molecular weight excluding hydrogens is 440 g/mol. The molecule has 5 heteroatoms. The Morgan fingerprint density at radius 1 is 0.676 bits per heavy atom. The van der Waals surface area contributed by atoms with Crippen molar-refractivity contribution in [1.82, 2.24) is 0 Å². The average Bonchev–Trinajstić information content (AvgIpc) is 2.83. The van der Waals surface area contributed by atoms with Crippen LogP contribution in [0.2, 0.25) is 0 Å². The lowest BCUT2D eigenvalue weighted by Gasteiger charge is -2.39. The highest BCUT2D eigenvalue weighted by atomic mass is 32.2. The molecule has 34 heavy (non-hydrogen) atoms. The van der Waals surface area contributed by atoms with Crippen molar-refractivity contribution in [2.24, 2.45) is 5.73 Å². The van der Waals surface area contributed by atoms with E-state index in [0.717, 1.165) is 5.75 Å². The van der Waals surface area contributed by atoms with E-state index in [1.54, 1.807) is 11.8 Å². The lowest BCUT2D eigenvalue weighted by Crippen LogP contribution is -2.50. The molecule has 0 aliphatic rings. The number of unbranched alkanes of at least 4 members (excludes halogenated alkanes) is 12. The fourth-order valence-electron chi connectivity index (χ4n) is 4.53. The van der Waals surface area contributed by atoms with E-state index in [2.05, 4.69) is 27.7 Å². The Labute approximate surface area is 218 Å². The molecule has 0 aromatic rings. The van der Waals surface area contributed by atoms with Crippen LogP contribution in [0.15, 0.2) is 0 Å². The molecule has 1 unspecified atom stereocenters. The van der Waals surface area contributed by atoms with Crippen molar-refractivity contribution in [2.45, 2.75) is 143 Å². The van der Waals surface area contributed by atoms with Gasteiger partial charge in [0.1, 0.15) is 0 Å². The molecule has 0 aliphatic carbocycles. The van der Waals surface area contributed by atoms with E-state index >= 15 is 0 Å². The summed E-state index contributed by atoms with van der Waals surface area (Å²) in [6.45, 7) is 15.2. The van der Waals surface area contributed by atoms with Crippen LogP contribution >= 0.6 is 11.8 Å². The smallest absolute Gasteiger partial charge is 0.0786 e. The van der Waals surface area contributed by atoms with Gasteiger partial charge in [0, 0.05) is 6.04 Å². The quantitative estimate of drug-likeness (QED) is 0.115. The first-order valence-electron chi connectivity index (χ1n) is 14.7. The Morgan fingerprint density at radius 3 is 1.24 bits per heavy atom. The van der Waals surface area contributed by atoms with Gasteiger partial charge in [0.2, 0.25) is 0 Å². The zero-order chi connectivity index (χ0) is 25.9. The third-order valence-electron chi connectivity index (χ3n) is 6.88. The third-order valence-corrected chi connectivity index (χ3v) is 7.52. The molecule has 0 rings (SSSR count). The van der Waals surface area contributed by atoms with Crippen molar-refractivity contribution < 1.29 is 14.4 Å². The monoisotopic (exact) mass is 502 g/mol. The summed E-state index contributed by atoms with van der Waals surface area (Å²) in [5.74, 6) is -0.390. The number of rotatable bonds is 24. The first-order chi connectivity index (χ1) is 16.4. The van der Waals surface area contributed by atoms with Gasteiger partial charge in [-0.15, -0.1) is 0 Å². The van der Waals surface area contributed by atoms with Gasteiger partial charge in [-0.3, -0.25) is 0 Å². The first-order valence-corrected chi connectivity index (χ1v) is 16.1. The summed E-state index contributed by atoms with van der Waals surface area (Å²) < 4.78 is 1.46. The number of hydrogen-bond donors (Lipinski definition) is 1. The summed E-state index contributed by atoms with van der Waals surface area (Å²) >= 11 is 1.58. The topological polar surface area (TPSA) is 66.2 Å². The van der Waals surface area contributed by atoms with Gasteiger partial charge in [0.15, 0.2) is 0 Å². The first kappa shape index (κ1) is 35.9. The van der Waals surface area contributed by atoms with Crippen LogP contribution in [0.5, 0.6) is 0 Å². The lowest BCUT2D eigenvalue weighted by molar-refractivity contribution is -0.929. The van der Waals surface area contributed by atoms with Gasteiger partial charge in [-0.1, -0.05) is 79.1 Å². The molecule has 0 saturated heterocycles. The fourth-order valence-corrected chi connectivity index (χ4v) is 5.02. The largest absolute Gasteiger partial charge is 0.548 e. The summed E-state index contributed by atoms with van der Waals surface area (Å²) in [5, 5.41) is 9.96. The van der Waals surface area contributed by atoms with Crippen LogP contribution in [0.25, 0.3) is 0 Å². The Balaban J connectivity index is 0. The highest BCUT2D eigenvalue weighted by Crippen LogP contribution is 2.19. The third kappa shape index (κ3) is 23.5. The second-order valence-electron chi connectivity index (χ2n) is 10.2. The molecule has 0 aromatic carbocycles. The van der Waals surface area contributed by atoms with E-state index in [1.165, 1.54) is 133 Å². The van der Waals surface area contributed by atoms with Gasteiger partial charge in [-0.05, 0) is 69.8 Å². The van der Waals surface area contributed by atoms with Crippen molar-refractivity contribution in [3.05, 3.63) is 0 Å². The Bertz CT molecular complexity index is 367. The van der Waals surface area contributed by atoms with Crippen LogP contribution in [0.1, 0.15) is 137 Å². The van der Waals surface area contributed by atoms with Crippen molar-refractivity contribution in [3.63, 3.8) is 0 Å². The normalized spacial score (nSPS) is 12.3. The second-order valence-corrected chi connectivity index (χ2v) is 11.2. The maximum atomic E-state index is 9.96. The predicted octanol–water partition coefficient (Wildman–Crippen LogP) is 6.94. The molecule has 0 bridgehead atoms. The number of thioether (sulfide) groups is 1. The maximum absolute atomic E-state index is 9.96. The molecule has 206 valence electrons. The molecule has 0 aromatic heterocycles. The fraction of sp³-hybridized carbons (Fsp3) is 0.966. The van der Waals surface area contributed by atoms with Gasteiger partial charge in [-0.25, -0.2) is 0 Å². The van der Waals surface area contributed by atoms with E-state index in [-0.39, 0.29) is 0 Å². The van der Waals surface area contributed by atoms with E-state index in [1.807, 2.05) is 6.26 Å². The van der Waals surface area contributed by atoms with Crippen LogP contribution in [-0.2, 0) is 4.79 Å². The molecule has 0 heterocycles. The van der Waals surface area contributed by atoms with Crippen LogP contribution in [0.4, 0.5) is 0 Å². The number of carbonyl (C=O) groups is 1. The van der Waals surface area contributed by atoms with E-state index in [4.69, 9.17) is 5.73 Å². The molecular formula is C29H62N2O2S. The van der Waals surface area contributed by atoms with Crippen LogP contribution < -0.4 is 10.8 Å². The molecule has 2 N–H and O–H groups in total. The molecule has 4 nitrogen and oxygen atoms in total. The minimum Gasteiger partial charge on any atom is -0.548 e. The van der Waals surface area contributed by atoms with Crippen molar-refractivity contribution in [2.75, 3.05) is 38.2 Å². The summed E-state index contributed by atoms with van der Waals surface area (Å²) in [5.41, 5.74) is 5.13. The Hall–Kier alpha value is -0.260. The average molecular weight is 503 g/mol. The standard InChI is InChI=1S/C24H52N.C5H11NO2S/c1-5-9-13-17-21-25(22-18-14-10-6-2,23-19-15-11-7-3)24-20-16-12-8-4;1-9-3-2-4(6)5(7)8/h5-24H2,1-4H3;4H,2-3,6H2,1H3,(H,7,8)/q+1;/p-1. The molecule has 0 aliphatic heterocycles. The Morgan fingerprint density at radius 2 is 1.00 bits per heavy atom.